The molecule has 1 saturated carbocycles. The molecule has 22 heavy (non-hydrogen) atoms. The van der Waals surface area contributed by atoms with Gasteiger partial charge >= 0.3 is 0 Å². The van der Waals surface area contributed by atoms with Crippen molar-refractivity contribution < 1.29 is 9.59 Å². The molecule has 2 rings (SSSR count). The topological polar surface area (TPSA) is 98.2 Å². The van der Waals surface area contributed by atoms with Gasteiger partial charge in [0.1, 0.15) is 0 Å². The van der Waals surface area contributed by atoms with Crippen LogP contribution in [0.15, 0.2) is 18.2 Å². The third kappa shape index (κ3) is 3.99. The van der Waals surface area contributed by atoms with E-state index in [0.717, 1.165) is 31.2 Å². The highest BCUT2D eigenvalue weighted by Gasteiger charge is 2.37. The number of carbonyl (C=O) groups is 2. The summed E-state index contributed by atoms with van der Waals surface area (Å²) in [7, 11) is 0. The van der Waals surface area contributed by atoms with Gasteiger partial charge in [0.2, 0.25) is 11.8 Å². The molecule has 0 aliphatic heterocycles. The Bertz CT molecular complexity index is 573. The first-order valence-electron chi connectivity index (χ1n) is 7.31. The summed E-state index contributed by atoms with van der Waals surface area (Å²) < 4.78 is 0. The Hall–Kier alpha value is -1.59. The molecule has 0 heterocycles. The van der Waals surface area contributed by atoms with E-state index in [-0.39, 0.29) is 24.2 Å². The molecule has 5 nitrogen and oxygen atoms in total. The highest BCUT2D eigenvalue weighted by Crippen LogP contribution is 2.32. The predicted octanol–water partition coefficient (Wildman–Crippen LogP) is 2.36. The van der Waals surface area contributed by atoms with Gasteiger partial charge in [-0.1, -0.05) is 12.8 Å². The van der Waals surface area contributed by atoms with Crippen LogP contribution in [-0.4, -0.2) is 17.4 Å². The normalized spacial score (nSPS) is 24.2. The van der Waals surface area contributed by atoms with Gasteiger partial charge in [-0.05, 0) is 50.5 Å². The SMILES string of the molecule is Cc1cc(NC(=O)C2CCCCC2(C)N)ccc1C(N)=O.Cl. The summed E-state index contributed by atoms with van der Waals surface area (Å²) >= 11 is 0. The number of carbonyl (C=O) groups excluding carboxylic acids is 2. The van der Waals surface area contributed by atoms with Crippen LogP contribution >= 0.6 is 12.4 Å². The third-order valence-electron chi connectivity index (χ3n) is 4.33. The van der Waals surface area contributed by atoms with Crippen molar-refractivity contribution in [2.45, 2.75) is 45.1 Å². The monoisotopic (exact) mass is 325 g/mol. The minimum Gasteiger partial charge on any atom is -0.366 e. The number of anilines is 1. The highest BCUT2D eigenvalue weighted by atomic mass is 35.5. The Balaban J connectivity index is 0.00000242. The quantitative estimate of drug-likeness (QED) is 0.795. The lowest BCUT2D eigenvalue weighted by molar-refractivity contribution is -0.122. The van der Waals surface area contributed by atoms with E-state index in [2.05, 4.69) is 5.32 Å². The van der Waals surface area contributed by atoms with Crippen LogP contribution in [0.2, 0.25) is 0 Å². The van der Waals surface area contributed by atoms with Gasteiger partial charge in [-0.3, -0.25) is 9.59 Å². The molecule has 0 bridgehead atoms. The van der Waals surface area contributed by atoms with Crippen molar-refractivity contribution in [1.29, 1.82) is 0 Å². The van der Waals surface area contributed by atoms with Crippen LogP contribution in [0.5, 0.6) is 0 Å². The van der Waals surface area contributed by atoms with E-state index in [1.54, 1.807) is 25.1 Å². The molecule has 1 aromatic rings. The summed E-state index contributed by atoms with van der Waals surface area (Å²) in [4.78, 5) is 23.6. The van der Waals surface area contributed by atoms with Crippen molar-refractivity contribution in [2.75, 3.05) is 5.32 Å². The molecule has 1 aromatic carbocycles. The smallest absolute Gasteiger partial charge is 0.248 e. The number of primary amides is 1. The molecule has 1 fully saturated rings. The maximum Gasteiger partial charge on any atom is 0.248 e. The highest BCUT2D eigenvalue weighted by molar-refractivity contribution is 5.97. The number of hydrogen-bond acceptors (Lipinski definition) is 3. The van der Waals surface area contributed by atoms with Crippen LogP contribution < -0.4 is 16.8 Å². The summed E-state index contributed by atoms with van der Waals surface area (Å²) in [6, 6.07) is 5.09. The fraction of sp³-hybridized carbons (Fsp3) is 0.500. The molecule has 0 radical (unpaired) electrons. The van der Waals surface area contributed by atoms with Gasteiger partial charge in [0, 0.05) is 16.8 Å². The minimum absolute atomic E-state index is 0. The summed E-state index contributed by atoms with van der Waals surface area (Å²) in [5.74, 6) is -0.694. The molecular weight excluding hydrogens is 302 g/mol. The Kier molecular flexibility index (Phi) is 5.97. The zero-order chi connectivity index (χ0) is 15.6. The third-order valence-corrected chi connectivity index (χ3v) is 4.33. The lowest BCUT2D eigenvalue weighted by Crippen LogP contribution is -2.51. The molecule has 0 spiro atoms. The van der Waals surface area contributed by atoms with E-state index < -0.39 is 11.4 Å². The number of aryl methyl sites for hydroxylation is 1. The van der Waals surface area contributed by atoms with Gasteiger partial charge in [-0.25, -0.2) is 0 Å². The number of amides is 2. The largest absolute Gasteiger partial charge is 0.366 e. The molecule has 1 aliphatic carbocycles. The molecule has 5 N–H and O–H groups in total. The van der Waals surface area contributed by atoms with Gasteiger partial charge in [-0.15, -0.1) is 12.4 Å². The zero-order valence-electron chi connectivity index (χ0n) is 13.0. The lowest BCUT2D eigenvalue weighted by Gasteiger charge is -2.37. The maximum atomic E-state index is 12.4. The number of nitrogens with two attached hydrogens (primary N) is 2. The molecule has 0 saturated heterocycles. The summed E-state index contributed by atoms with van der Waals surface area (Å²) in [6.07, 6.45) is 3.79. The predicted molar refractivity (Wildman–Crippen MR) is 90.1 cm³/mol. The van der Waals surface area contributed by atoms with Gasteiger partial charge in [0.05, 0.1) is 5.92 Å². The second-order valence-corrected chi connectivity index (χ2v) is 6.19. The van der Waals surface area contributed by atoms with Crippen molar-refractivity contribution in [1.82, 2.24) is 0 Å². The van der Waals surface area contributed by atoms with E-state index in [9.17, 15) is 9.59 Å². The fourth-order valence-electron chi connectivity index (χ4n) is 3.04. The van der Waals surface area contributed by atoms with Crippen molar-refractivity contribution >= 4 is 29.9 Å². The summed E-state index contributed by atoms with van der Waals surface area (Å²) in [5.41, 5.74) is 13.0. The second-order valence-electron chi connectivity index (χ2n) is 6.19. The molecule has 1 aliphatic rings. The molecule has 2 amide bonds. The lowest BCUT2D eigenvalue weighted by atomic mass is 9.74. The number of nitrogens with one attached hydrogen (secondary N) is 1. The maximum absolute atomic E-state index is 12.4. The number of rotatable bonds is 3. The number of benzene rings is 1. The molecule has 0 aromatic heterocycles. The standard InChI is InChI=1S/C16H23N3O2.ClH/c1-10-9-11(6-7-12(10)14(17)20)19-15(21)13-5-3-4-8-16(13,2)18;/h6-7,9,13H,3-5,8,18H2,1-2H3,(H2,17,20)(H,19,21);1H. The molecular formula is C16H24ClN3O2. The number of hydrogen-bond donors (Lipinski definition) is 3. The number of halogens is 1. The van der Waals surface area contributed by atoms with Crippen molar-refractivity contribution in [3.8, 4) is 0 Å². The van der Waals surface area contributed by atoms with E-state index >= 15 is 0 Å². The average Bonchev–Trinajstić information content (AvgIpc) is 2.37. The first-order valence-corrected chi connectivity index (χ1v) is 7.31. The summed E-state index contributed by atoms with van der Waals surface area (Å²) in [5, 5.41) is 2.90. The first-order chi connectivity index (χ1) is 9.81. The van der Waals surface area contributed by atoms with Crippen molar-refractivity contribution in [3.05, 3.63) is 29.3 Å². The van der Waals surface area contributed by atoms with Crippen LogP contribution in [0.4, 0.5) is 5.69 Å². The molecule has 2 atom stereocenters. The Morgan fingerprint density at radius 1 is 1.32 bits per heavy atom. The fourth-order valence-corrected chi connectivity index (χ4v) is 3.04. The van der Waals surface area contributed by atoms with E-state index in [1.165, 1.54) is 0 Å². The van der Waals surface area contributed by atoms with Crippen LogP contribution in [0.25, 0.3) is 0 Å². The Morgan fingerprint density at radius 3 is 2.55 bits per heavy atom. The van der Waals surface area contributed by atoms with Crippen LogP contribution in [0.3, 0.4) is 0 Å². The van der Waals surface area contributed by atoms with Gasteiger partial charge in [0.25, 0.3) is 0 Å². The van der Waals surface area contributed by atoms with E-state index in [1.807, 2.05) is 6.92 Å². The average molecular weight is 326 g/mol. The van der Waals surface area contributed by atoms with E-state index in [4.69, 9.17) is 11.5 Å². The molecule has 2 unspecified atom stereocenters. The second kappa shape index (κ2) is 7.11. The van der Waals surface area contributed by atoms with Crippen LogP contribution in [0.1, 0.15) is 48.5 Å². The molecule has 6 heteroatoms. The zero-order valence-corrected chi connectivity index (χ0v) is 13.8. The van der Waals surface area contributed by atoms with Gasteiger partial charge in [-0.2, -0.15) is 0 Å². The van der Waals surface area contributed by atoms with Gasteiger partial charge < -0.3 is 16.8 Å². The summed E-state index contributed by atoms with van der Waals surface area (Å²) in [6.45, 7) is 3.74. The van der Waals surface area contributed by atoms with Crippen LogP contribution in [-0.2, 0) is 4.79 Å². The minimum atomic E-state index is -0.466. The Labute approximate surface area is 137 Å². The van der Waals surface area contributed by atoms with E-state index in [0.29, 0.717) is 11.3 Å². The molecule has 122 valence electrons. The van der Waals surface area contributed by atoms with Crippen LogP contribution in [0, 0.1) is 12.8 Å². The van der Waals surface area contributed by atoms with Gasteiger partial charge in [0.15, 0.2) is 0 Å². The first kappa shape index (κ1) is 18.5. The van der Waals surface area contributed by atoms with Crippen molar-refractivity contribution in [2.24, 2.45) is 17.4 Å². The Morgan fingerprint density at radius 2 is 2.00 bits per heavy atom. The van der Waals surface area contributed by atoms with Crippen molar-refractivity contribution in [3.63, 3.8) is 0 Å².